The van der Waals surface area contributed by atoms with Crippen LogP contribution >= 0.6 is 23.2 Å². The van der Waals surface area contributed by atoms with Crippen LogP contribution < -0.4 is 10.1 Å². The molecule has 0 bridgehead atoms. The number of aliphatic hydroxyl groups excluding tert-OH is 1. The van der Waals surface area contributed by atoms with Crippen LogP contribution in [0.4, 0.5) is 5.82 Å². The summed E-state index contributed by atoms with van der Waals surface area (Å²) in [6.07, 6.45) is 1.59. The maximum atomic E-state index is 13.0. The van der Waals surface area contributed by atoms with Crippen molar-refractivity contribution < 1.29 is 19.4 Å². The molecule has 0 saturated carbocycles. The van der Waals surface area contributed by atoms with Gasteiger partial charge in [0.15, 0.2) is 11.5 Å². The second kappa shape index (κ2) is 11.1. The number of nitrogens with one attached hydrogen (secondary N) is 2. The summed E-state index contributed by atoms with van der Waals surface area (Å²) in [5.74, 6) is -0.177. The van der Waals surface area contributed by atoms with Gasteiger partial charge in [0, 0.05) is 6.20 Å². The monoisotopic (exact) mass is 513 g/mol. The summed E-state index contributed by atoms with van der Waals surface area (Å²) in [6.45, 7) is -0.442. The number of hydrogen-bond acceptors (Lipinski definition) is 9. The number of rotatable bonds is 9. The van der Waals surface area contributed by atoms with E-state index in [1.54, 1.807) is 18.2 Å². The van der Waals surface area contributed by atoms with E-state index >= 15 is 0 Å². The first kappa shape index (κ1) is 24.3. The zero-order chi connectivity index (χ0) is 24.8. The highest BCUT2D eigenvalue weighted by Gasteiger charge is 2.25. The number of ether oxygens (including phenoxy) is 2. The SMILES string of the molecule is N#Cc1ccc(NC(=O)[C@H](COCCO)Oc2nc(-c3c(Cl)cccc3Cl)nc3[nH]ncc23)nc1. The number of carbonyl (C=O) groups excluding carboxylic acids is 1. The Labute approximate surface area is 208 Å². The zero-order valence-electron chi connectivity index (χ0n) is 17.9. The number of H-pyrrole nitrogens is 1. The minimum Gasteiger partial charge on any atom is -0.461 e. The molecule has 0 unspecified atom stereocenters. The normalized spacial score (nSPS) is 11.7. The fraction of sp³-hybridized carbons (Fsp3) is 0.182. The fourth-order valence-corrected chi connectivity index (χ4v) is 3.58. The number of nitrogens with zero attached hydrogens (tertiary/aromatic N) is 5. The molecule has 1 aromatic carbocycles. The molecule has 0 aliphatic heterocycles. The summed E-state index contributed by atoms with van der Waals surface area (Å²) in [5.41, 5.74) is 1.07. The van der Waals surface area contributed by atoms with Crippen molar-refractivity contribution >= 4 is 46.0 Å². The fourth-order valence-electron chi connectivity index (χ4n) is 3.02. The van der Waals surface area contributed by atoms with E-state index in [0.29, 0.717) is 32.2 Å². The molecule has 4 rings (SSSR count). The lowest BCUT2D eigenvalue weighted by Gasteiger charge is -2.19. The molecular formula is C22H17Cl2N7O4. The number of aliphatic hydroxyl groups is 1. The van der Waals surface area contributed by atoms with Gasteiger partial charge in [-0.15, -0.1) is 0 Å². The van der Waals surface area contributed by atoms with E-state index in [4.69, 9.17) is 43.0 Å². The number of pyridine rings is 1. The van der Waals surface area contributed by atoms with Gasteiger partial charge >= 0.3 is 0 Å². The van der Waals surface area contributed by atoms with E-state index in [1.165, 1.54) is 24.5 Å². The quantitative estimate of drug-likeness (QED) is 0.286. The Hall–Kier alpha value is -3.82. The van der Waals surface area contributed by atoms with Crippen LogP contribution in [0.2, 0.25) is 10.0 Å². The maximum absolute atomic E-state index is 13.0. The number of fused-ring (bicyclic) bond motifs is 1. The van der Waals surface area contributed by atoms with Crippen LogP contribution in [0.1, 0.15) is 5.56 Å². The molecule has 13 heteroatoms. The molecule has 35 heavy (non-hydrogen) atoms. The molecule has 1 atom stereocenters. The van der Waals surface area contributed by atoms with Gasteiger partial charge in [-0.1, -0.05) is 29.3 Å². The smallest absolute Gasteiger partial charge is 0.269 e. The van der Waals surface area contributed by atoms with E-state index in [-0.39, 0.29) is 37.3 Å². The van der Waals surface area contributed by atoms with Gasteiger partial charge in [0.1, 0.15) is 17.3 Å². The Morgan fingerprint density at radius 1 is 1.20 bits per heavy atom. The van der Waals surface area contributed by atoms with Crippen molar-refractivity contribution in [3.05, 3.63) is 58.3 Å². The lowest BCUT2D eigenvalue weighted by atomic mass is 10.2. The molecule has 0 aliphatic carbocycles. The molecule has 11 nitrogen and oxygen atoms in total. The Kier molecular flexibility index (Phi) is 7.69. The van der Waals surface area contributed by atoms with Gasteiger partial charge in [0.2, 0.25) is 12.0 Å². The lowest BCUT2D eigenvalue weighted by Crippen LogP contribution is -2.37. The molecule has 4 aromatic rings. The van der Waals surface area contributed by atoms with Gasteiger partial charge in [0.05, 0.1) is 47.2 Å². The van der Waals surface area contributed by atoms with E-state index in [2.05, 4.69) is 30.5 Å². The predicted octanol–water partition coefficient (Wildman–Crippen LogP) is 2.99. The van der Waals surface area contributed by atoms with Crippen molar-refractivity contribution in [1.82, 2.24) is 25.1 Å². The maximum Gasteiger partial charge on any atom is 0.269 e. The minimum atomic E-state index is -1.19. The number of aromatic amines is 1. The van der Waals surface area contributed by atoms with Crippen LogP contribution in [0.15, 0.2) is 42.7 Å². The molecule has 3 N–H and O–H groups in total. The molecule has 3 heterocycles. The first-order valence-corrected chi connectivity index (χ1v) is 10.9. The van der Waals surface area contributed by atoms with Crippen LogP contribution in [0.3, 0.4) is 0 Å². The summed E-state index contributed by atoms with van der Waals surface area (Å²) in [5, 5.41) is 28.4. The number of carbonyl (C=O) groups is 1. The number of amides is 1. The molecule has 1 amide bonds. The van der Waals surface area contributed by atoms with Crippen LogP contribution in [-0.2, 0) is 9.53 Å². The van der Waals surface area contributed by atoms with Crippen molar-refractivity contribution in [2.24, 2.45) is 0 Å². The number of anilines is 1. The average molecular weight is 514 g/mol. The van der Waals surface area contributed by atoms with Crippen molar-refractivity contribution in [3.63, 3.8) is 0 Å². The molecule has 0 fully saturated rings. The Bertz CT molecular complexity index is 1370. The molecule has 178 valence electrons. The van der Waals surface area contributed by atoms with Gasteiger partial charge in [0.25, 0.3) is 5.91 Å². The van der Waals surface area contributed by atoms with Crippen LogP contribution in [0.5, 0.6) is 5.88 Å². The van der Waals surface area contributed by atoms with Crippen LogP contribution in [0.25, 0.3) is 22.4 Å². The van der Waals surface area contributed by atoms with Crippen molar-refractivity contribution in [2.45, 2.75) is 6.10 Å². The first-order valence-electron chi connectivity index (χ1n) is 10.2. The second-order valence-electron chi connectivity index (χ2n) is 7.02. The third kappa shape index (κ3) is 5.64. The molecule has 0 radical (unpaired) electrons. The van der Waals surface area contributed by atoms with Gasteiger partial charge in [-0.25, -0.2) is 9.97 Å². The third-order valence-electron chi connectivity index (χ3n) is 4.66. The van der Waals surface area contributed by atoms with E-state index in [9.17, 15) is 4.79 Å². The van der Waals surface area contributed by atoms with Crippen LogP contribution in [-0.4, -0.2) is 62.1 Å². The van der Waals surface area contributed by atoms with Gasteiger partial charge < -0.3 is 19.9 Å². The predicted molar refractivity (Wildman–Crippen MR) is 127 cm³/mol. The molecule has 0 spiro atoms. The number of hydrogen-bond donors (Lipinski definition) is 3. The lowest BCUT2D eigenvalue weighted by molar-refractivity contribution is -0.125. The summed E-state index contributed by atoms with van der Waals surface area (Å²) in [7, 11) is 0. The van der Waals surface area contributed by atoms with Crippen molar-refractivity contribution in [1.29, 1.82) is 5.26 Å². The third-order valence-corrected chi connectivity index (χ3v) is 5.29. The molecule has 0 aliphatic rings. The second-order valence-corrected chi connectivity index (χ2v) is 7.83. The highest BCUT2D eigenvalue weighted by atomic mass is 35.5. The molecular weight excluding hydrogens is 497 g/mol. The molecule has 0 saturated heterocycles. The van der Waals surface area contributed by atoms with Crippen molar-refractivity contribution in [3.8, 4) is 23.3 Å². The summed E-state index contributed by atoms with van der Waals surface area (Å²) >= 11 is 12.7. The minimum absolute atomic E-state index is 0.00632. The largest absolute Gasteiger partial charge is 0.461 e. The summed E-state index contributed by atoms with van der Waals surface area (Å²) in [4.78, 5) is 25.9. The van der Waals surface area contributed by atoms with E-state index < -0.39 is 12.0 Å². The Balaban J connectivity index is 1.67. The average Bonchev–Trinajstić information content (AvgIpc) is 3.33. The van der Waals surface area contributed by atoms with E-state index in [1.807, 2.05) is 6.07 Å². The topological polar surface area (TPSA) is 159 Å². The van der Waals surface area contributed by atoms with Gasteiger partial charge in [-0.3, -0.25) is 9.89 Å². The summed E-state index contributed by atoms with van der Waals surface area (Å²) in [6, 6.07) is 9.93. The first-order chi connectivity index (χ1) is 17.0. The standard InChI is InChI=1S/C22H17Cl2N7O4/c23-14-2-1-3-15(24)18(14)20-29-19-13(10-27-31-19)22(30-20)35-16(11-34-7-6-32)21(33)28-17-5-4-12(8-25)9-26-17/h1-5,9-10,16,32H,6-7,11H2,(H,26,28,33)(H,27,29,30,31)/t16-/m0/s1. The number of benzene rings is 1. The van der Waals surface area contributed by atoms with Crippen molar-refractivity contribution in [2.75, 3.05) is 25.1 Å². The number of aromatic nitrogens is 5. The van der Waals surface area contributed by atoms with Gasteiger partial charge in [-0.05, 0) is 24.3 Å². The Morgan fingerprint density at radius 3 is 2.69 bits per heavy atom. The van der Waals surface area contributed by atoms with Gasteiger partial charge in [-0.2, -0.15) is 15.3 Å². The highest BCUT2D eigenvalue weighted by Crippen LogP contribution is 2.35. The summed E-state index contributed by atoms with van der Waals surface area (Å²) < 4.78 is 11.3. The van der Waals surface area contributed by atoms with E-state index in [0.717, 1.165) is 0 Å². The Morgan fingerprint density at radius 2 is 2.00 bits per heavy atom. The molecule has 3 aromatic heterocycles. The van der Waals surface area contributed by atoms with Crippen LogP contribution in [0, 0.1) is 11.3 Å². The number of halogens is 2. The number of nitriles is 1. The zero-order valence-corrected chi connectivity index (χ0v) is 19.4. The highest BCUT2D eigenvalue weighted by molar-refractivity contribution is 6.39.